The summed E-state index contributed by atoms with van der Waals surface area (Å²) in [6.07, 6.45) is 2.89. The Morgan fingerprint density at radius 3 is 2.45 bits per heavy atom. The number of para-hydroxylation sites is 1. The van der Waals surface area contributed by atoms with E-state index in [2.05, 4.69) is 5.32 Å². The Kier molecular flexibility index (Phi) is 4.74. The largest absolute Gasteiger partial charge is 0.481 e. The molecule has 1 aromatic carbocycles. The zero-order valence-electron chi connectivity index (χ0n) is 11.2. The summed E-state index contributed by atoms with van der Waals surface area (Å²) >= 11 is 0. The minimum absolute atomic E-state index is 0.163. The van der Waals surface area contributed by atoms with Crippen molar-refractivity contribution in [2.24, 2.45) is 11.8 Å². The molecule has 0 aromatic heterocycles. The average molecular weight is 277 g/mol. The SMILES string of the molecule is O=C(O)[C@H]1CCCC[C@H]1C(=O)Nc1ccccc1CO. The van der Waals surface area contributed by atoms with Crippen LogP contribution in [-0.2, 0) is 16.2 Å². The highest BCUT2D eigenvalue weighted by molar-refractivity contribution is 5.95. The molecule has 0 heterocycles. The molecule has 0 saturated heterocycles. The van der Waals surface area contributed by atoms with E-state index in [1.807, 2.05) is 0 Å². The minimum atomic E-state index is -0.903. The van der Waals surface area contributed by atoms with Crippen molar-refractivity contribution in [3.8, 4) is 0 Å². The van der Waals surface area contributed by atoms with Crippen LogP contribution in [0.3, 0.4) is 0 Å². The highest BCUT2D eigenvalue weighted by Crippen LogP contribution is 2.31. The number of hydrogen-bond acceptors (Lipinski definition) is 3. The van der Waals surface area contributed by atoms with Gasteiger partial charge >= 0.3 is 5.97 Å². The van der Waals surface area contributed by atoms with Gasteiger partial charge in [-0.3, -0.25) is 9.59 Å². The van der Waals surface area contributed by atoms with Gasteiger partial charge in [0, 0.05) is 11.3 Å². The lowest BCUT2D eigenvalue weighted by Crippen LogP contribution is -2.36. The first-order valence-electron chi connectivity index (χ1n) is 6.86. The molecule has 1 fully saturated rings. The quantitative estimate of drug-likeness (QED) is 0.785. The Bertz CT molecular complexity index is 500. The molecule has 108 valence electrons. The lowest BCUT2D eigenvalue weighted by atomic mass is 9.78. The molecule has 3 N–H and O–H groups in total. The molecule has 1 saturated carbocycles. The molecule has 0 radical (unpaired) electrons. The summed E-state index contributed by atoms with van der Waals surface area (Å²) < 4.78 is 0. The predicted octanol–water partition coefficient (Wildman–Crippen LogP) is 2.01. The van der Waals surface area contributed by atoms with Gasteiger partial charge in [-0.25, -0.2) is 0 Å². The summed E-state index contributed by atoms with van der Waals surface area (Å²) in [5.74, 6) is -2.27. The highest BCUT2D eigenvalue weighted by Gasteiger charge is 2.35. The summed E-state index contributed by atoms with van der Waals surface area (Å²) in [4.78, 5) is 23.5. The Morgan fingerprint density at radius 2 is 1.80 bits per heavy atom. The Morgan fingerprint density at radius 1 is 1.15 bits per heavy atom. The van der Waals surface area contributed by atoms with E-state index in [1.54, 1.807) is 24.3 Å². The van der Waals surface area contributed by atoms with E-state index < -0.39 is 17.8 Å². The molecule has 1 aliphatic rings. The van der Waals surface area contributed by atoms with Crippen LogP contribution in [0.1, 0.15) is 31.2 Å². The van der Waals surface area contributed by atoms with Gasteiger partial charge in [0.15, 0.2) is 0 Å². The first-order valence-corrected chi connectivity index (χ1v) is 6.86. The Labute approximate surface area is 117 Å². The maximum atomic E-state index is 12.3. The molecule has 0 unspecified atom stereocenters. The Balaban J connectivity index is 2.12. The van der Waals surface area contributed by atoms with Crippen LogP contribution in [0.25, 0.3) is 0 Å². The number of carboxylic acids is 1. The van der Waals surface area contributed by atoms with Gasteiger partial charge < -0.3 is 15.5 Å². The lowest BCUT2D eigenvalue weighted by Gasteiger charge is -2.27. The number of hydrogen-bond donors (Lipinski definition) is 3. The number of carboxylic acid groups (broad SMARTS) is 1. The zero-order valence-corrected chi connectivity index (χ0v) is 11.2. The molecule has 0 bridgehead atoms. The fourth-order valence-electron chi connectivity index (χ4n) is 2.75. The molecule has 2 atom stereocenters. The summed E-state index contributed by atoms with van der Waals surface area (Å²) in [7, 11) is 0. The van der Waals surface area contributed by atoms with E-state index in [1.165, 1.54) is 0 Å². The number of carbonyl (C=O) groups excluding carboxylic acids is 1. The Hall–Kier alpha value is -1.88. The van der Waals surface area contributed by atoms with E-state index in [4.69, 9.17) is 0 Å². The monoisotopic (exact) mass is 277 g/mol. The van der Waals surface area contributed by atoms with Crippen molar-refractivity contribution in [3.05, 3.63) is 29.8 Å². The van der Waals surface area contributed by atoms with Crippen molar-refractivity contribution in [2.75, 3.05) is 5.32 Å². The van der Waals surface area contributed by atoms with Crippen LogP contribution in [-0.4, -0.2) is 22.1 Å². The van der Waals surface area contributed by atoms with Gasteiger partial charge in [0.1, 0.15) is 0 Å². The third kappa shape index (κ3) is 3.17. The molecule has 1 aromatic rings. The number of amides is 1. The number of aliphatic carboxylic acids is 1. The number of anilines is 1. The fraction of sp³-hybridized carbons (Fsp3) is 0.467. The predicted molar refractivity (Wildman–Crippen MR) is 74.1 cm³/mol. The molecule has 0 aliphatic heterocycles. The second-order valence-electron chi connectivity index (χ2n) is 5.14. The number of nitrogens with one attached hydrogen (secondary N) is 1. The topological polar surface area (TPSA) is 86.6 Å². The van der Waals surface area contributed by atoms with Crippen molar-refractivity contribution in [1.29, 1.82) is 0 Å². The van der Waals surface area contributed by atoms with Crippen molar-refractivity contribution >= 4 is 17.6 Å². The van der Waals surface area contributed by atoms with Crippen molar-refractivity contribution in [1.82, 2.24) is 0 Å². The van der Waals surface area contributed by atoms with E-state index in [0.29, 0.717) is 24.1 Å². The van der Waals surface area contributed by atoms with Crippen LogP contribution in [0.15, 0.2) is 24.3 Å². The van der Waals surface area contributed by atoms with Gasteiger partial charge in [-0.05, 0) is 18.9 Å². The third-order valence-corrected chi connectivity index (χ3v) is 3.87. The van der Waals surface area contributed by atoms with Crippen LogP contribution in [0.4, 0.5) is 5.69 Å². The molecule has 5 nitrogen and oxygen atoms in total. The molecule has 1 amide bonds. The smallest absolute Gasteiger partial charge is 0.307 e. The van der Waals surface area contributed by atoms with Gasteiger partial charge in [-0.1, -0.05) is 31.0 Å². The molecular formula is C15H19NO4. The second kappa shape index (κ2) is 6.52. The summed E-state index contributed by atoms with van der Waals surface area (Å²) in [5.41, 5.74) is 1.18. The van der Waals surface area contributed by atoms with Crippen molar-refractivity contribution in [3.63, 3.8) is 0 Å². The lowest BCUT2D eigenvalue weighted by molar-refractivity contribution is -0.147. The van der Waals surface area contributed by atoms with E-state index in [-0.39, 0.29) is 12.5 Å². The third-order valence-electron chi connectivity index (χ3n) is 3.87. The second-order valence-corrected chi connectivity index (χ2v) is 5.14. The van der Waals surface area contributed by atoms with Crippen LogP contribution in [0.5, 0.6) is 0 Å². The summed E-state index contributed by atoms with van der Waals surface area (Å²) in [6.45, 7) is -0.163. The molecule has 0 spiro atoms. The molecular weight excluding hydrogens is 258 g/mol. The number of rotatable bonds is 4. The van der Waals surface area contributed by atoms with Crippen LogP contribution in [0, 0.1) is 11.8 Å². The van der Waals surface area contributed by atoms with Gasteiger partial charge in [-0.15, -0.1) is 0 Å². The molecule has 1 aliphatic carbocycles. The molecule has 5 heteroatoms. The first-order chi connectivity index (χ1) is 9.63. The zero-order chi connectivity index (χ0) is 14.5. The standard InChI is InChI=1S/C15H19NO4/c17-9-10-5-1-4-8-13(10)16-14(18)11-6-2-3-7-12(11)15(19)20/h1,4-5,8,11-12,17H,2-3,6-7,9H2,(H,16,18)(H,19,20)/t11-,12+/m1/s1. The average Bonchev–Trinajstić information content (AvgIpc) is 2.47. The van der Waals surface area contributed by atoms with E-state index >= 15 is 0 Å². The van der Waals surface area contributed by atoms with Crippen LogP contribution < -0.4 is 5.32 Å². The summed E-state index contributed by atoms with van der Waals surface area (Å²) in [6, 6.07) is 6.99. The molecule has 20 heavy (non-hydrogen) atoms. The van der Waals surface area contributed by atoms with Crippen molar-refractivity contribution < 1.29 is 19.8 Å². The van der Waals surface area contributed by atoms with Crippen molar-refractivity contribution in [2.45, 2.75) is 32.3 Å². The number of aliphatic hydroxyl groups excluding tert-OH is 1. The van der Waals surface area contributed by atoms with E-state index in [9.17, 15) is 19.8 Å². The highest BCUT2D eigenvalue weighted by atomic mass is 16.4. The van der Waals surface area contributed by atoms with Gasteiger partial charge in [0.2, 0.25) is 5.91 Å². The fourth-order valence-corrected chi connectivity index (χ4v) is 2.75. The number of carbonyl (C=O) groups is 2. The van der Waals surface area contributed by atoms with Crippen LogP contribution >= 0.6 is 0 Å². The first kappa shape index (κ1) is 14.5. The van der Waals surface area contributed by atoms with E-state index in [0.717, 1.165) is 12.8 Å². The maximum Gasteiger partial charge on any atom is 0.307 e. The van der Waals surface area contributed by atoms with Gasteiger partial charge in [0.05, 0.1) is 18.4 Å². The molecule has 2 rings (SSSR count). The normalized spacial score (nSPS) is 22.2. The summed E-state index contributed by atoms with van der Waals surface area (Å²) in [5, 5.41) is 21.2. The number of benzene rings is 1. The minimum Gasteiger partial charge on any atom is -0.481 e. The number of aliphatic hydroxyl groups is 1. The maximum absolute atomic E-state index is 12.3. The van der Waals surface area contributed by atoms with Gasteiger partial charge in [0.25, 0.3) is 0 Å². The van der Waals surface area contributed by atoms with Gasteiger partial charge in [-0.2, -0.15) is 0 Å². The van der Waals surface area contributed by atoms with Crippen LogP contribution in [0.2, 0.25) is 0 Å².